The molecule has 0 aromatic heterocycles. The summed E-state index contributed by atoms with van der Waals surface area (Å²) in [6, 6.07) is 14.8. The van der Waals surface area contributed by atoms with Crippen LogP contribution in [0.15, 0.2) is 59.5 Å². The van der Waals surface area contributed by atoms with Gasteiger partial charge in [0.05, 0.1) is 11.4 Å². The highest BCUT2D eigenvalue weighted by Gasteiger charge is 2.25. The maximum Gasteiger partial charge on any atom is 0.241 e. The van der Waals surface area contributed by atoms with Gasteiger partial charge in [-0.1, -0.05) is 30.3 Å². The average molecular weight is 477 g/mol. The number of carbonyl (C=O) groups is 2. The highest BCUT2D eigenvalue weighted by Crippen LogP contribution is 2.16. The quantitative estimate of drug-likeness (QED) is 0.478. The second-order valence-corrected chi connectivity index (χ2v) is 10.1. The molecule has 1 atom stereocenters. The number of hydrogen-bond donors (Lipinski definition) is 3. The Hall–Kier alpha value is -2.56. The van der Waals surface area contributed by atoms with Crippen LogP contribution in [0.1, 0.15) is 12.0 Å². The number of benzene rings is 2. The molecule has 32 heavy (non-hydrogen) atoms. The summed E-state index contributed by atoms with van der Waals surface area (Å²) in [6.07, 6.45) is 2.29. The molecule has 0 radical (unpaired) electrons. The number of piperazine rings is 1. The van der Waals surface area contributed by atoms with Crippen molar-refractivity contribution in [2.24, 2.45) is 0 Å². The summed E-state index contributed by atoms with van der Waals surface area (Å²) < 4.78 is 27.9. The Morgan fingerprint density at radius 3 is 2.53 bits per heavy atom. The Morgan fingerprint density at radius 1 is 1.16 bits per heavy atom. The van der Waals surface area contributed by atoms with E-state index in [0.29, 0.717) is 25.3 Å². The Morgan fingerprint density at radius 2 is 1.88 bits per heavy atom. The highest BCUT2D eigenvalue weighted by atomic mass is 32.2. The number of nitrogens with zero attached hydrogens (tertiary/aromatic N) is 1. The number of amides is 2. The third-order valence-electron chi connectivity index (χ3n) is 5.08. The molecule has 1 unspecified atom stereocenters. The van der Waals surface area contributed by atoms with Crippen LogP contribution < -0.4 is 20.3 Å². The minimum atomic E-state index is -3.80. The molecule has 8 nitrogen and oxygen atoms in total. The SMILES string of the molecule is CSCCC(NS(=O)(=O)c1ccccc1)C(=O)NCc1ccc(N2CCNC(=O)C2)cc1. The van der Waals surface area contributed by atoms with E-state index in [1.165, 1.54) is 12.1 Å². The third-order valence-corrected chi connectivity index (χ3v) is 7.22. The average Bonchev–Trinajstić information content (AvgIpc) is 2.81. The fourth-order valence-electron chi connectivity index (χ4n) is 3.33. The van der Waals surface area contributed by atoms with E-state index in [1.807, 2.05) is 35.4 Å². The van der Waals surface area contributed by atoms with Crippen LogP contribution in [0.4, 0.5) is 5.69 Å². The number of sulfonamides is 1. The molecule has 172 valence electrons. The number of rotatable bonds is 10. The third kappa shape index (κ3) is 6.72. The van der Waals surface area contributed by atoms with Crippen molar-refractivity contribution in [1.82, 2.24) is 15.4 Å². The van der Waals surface area contributed by atoms with E-state index in [9.17, 15) is 18.0 Å². The first-order chi connectivity index (χ1) is 15.4. The lowest BCUT2D eigenvalue weighted by molar-refractivity contribution is -0.123. The number of thioether (sulfide) groups is 1. The van der Waals surface area contributed by atoms with Gasteiger partial charge < -0.3 is 15.5 Å². The molecule has 10 heteroatoms. The first-order valence-corrected chi connectivity index (χ1v) is 13.2. The van der Waals surface area contributed by atoms with E-state index in [1.54, 1.807) is 30.0 Å². The van der Waals surface area contributed by atoms with Gasteiger partial charge in [0.25, 0.3) is 0 Å². The zero-order valence-corrected chi connectivity index (χ0v) is 19.5. The fourth-order valence-corrected chi connectivity index (χ4v) is 5.05. The molecule has 0 bridgehead atoms. The van der Waals surface area contributed by atoms with Gasteiger partial charge in [-0.3, -0.25) is 9.59 Å². The summed E-state index contributed by atoms with van der Waals surface area (Å²) in [5.74, 6) is 0.283. The maximum atomic E-state index is 12.8. The van der Waals surface area contributed by atoms with Gasteiger partial charge in [-0.25, -0.2) is 8.42 Å². The van der Waals surface area contributed by atoms with Gasteiger partial charge in [-0.05, 0) is 48.3 Å². The highest BCUT2D eigenvalue weighted by molar-refractivity contribution is 7.98. The molecule has 0 saturated carbocycles. The van der Waals surface area contributed by atoms with Crippen LogP contribution in [-0.4, -0.2) is 57.9 Å². The fraction of sp³-hybridized carbons (Fsp3) is 0.364. The molecular weight excluding hydrogens is 448 g/mol. The minimum absolute atomic E-state index is 0.00169. The van der Waals surface area contributed by atoms with Crippen LogP contribution in [0, 0.1) is 0 Å². The predicted molar refractivity (Wildman–Crippen MR) is 127 cm³/mol. The van der Waals surface area contributed by atoms with E-state index < -0.39 is 16.1 Å². The van der Waals surface area contributed by atoms with Gasteiger partial charge in [-0.2, -0.15) is 16.5 Å². The van der Waals surface area contributed by atoms with Crippen molar-refractivity contribution in [3.05, 3.63) is 60.2 Å². The van der Waals surface area contributed by atoms with Crippen molar-refractivity contribution in [2.45, 2.75) is 23.9 Å². The molecule has 0 aliphatic carbocycles. The lowest BCUT2D eigenvalue weighted by Crippen LogP contribution is -2.47. The molecule has 2 aromatic rings. The number of anilines is 1. The second kappa shape index (κ2) is 11.3. The smallest absolute Gasteiger partial charge is 0.241 e. The van der Waals surface area contributed by atoms with E-state index in [-0.39, 0.29) is 23.3 Å². The van der Waals surface area contributed by atoms with Crippen LogP contribution in [0.3, 0.4) is 0 Å². The first-order valence-electron chi connectivity index (χ1n) is 10.3. The lowest BCUT2D eigenvalue weighted by atomic mass is 10.1. The van der Waals surface area contributed by atoms with Crippen LogP contribution in [0.25, 0.3) is 0 Å². The molecule has 1 saturated heterocycles. The summed E-state index contributed by atoms with van der Waals surface area (Å²) in [5, 5.41) is 5.63. The summed E-state index contributed by atoms with van der Waals surface area (Å²) in [6.45, 7) is 1.98. The molecule has 2 amide bonds. The normalized spacial score (nSPS) is 15.2. The van der Waals surface area contributed by atoms with Crippen LogP contribution in [0.2, 0.25) is 0 Å². The Kier molecular flexibility index (Phi) is 8.54. The van der Waals surface area contributed by atoms with E-state index in [4.69, 9.17) is 0 Å². The molecule has 1 aliphatic rings. The molecule has 3 rings (SSSR count). The lowest BCUT2D eigenvalue weighted by Gasteiger charge is -2.28. The second-order valence-electron chi connectivity index (χ2n) is 7.42. The zero-order valence-electron chi connectivity index (χ0n) is 17.9. The summed E-state index contributed by atoms with van der Waals surface area (Å²) in [4.78, 5) is 26.5. The van der Waals surface area contributed by atoms with Crippen molar-refractivity contribution in [3.63, 3.8) is 0 Å². The molecule has 0 spiro atoms. The largest absolute Gasteiger partial charge is 0.360 e. The molecular formula is C22H28N4O4S2. The monoisotopic (exact) mass is 476 g/mol. The van der Waals surface area contributed by atoms with Crippen molar-refractivity contribution in [1.29, 1.82) is 0 Å². The van der Waals surface area contributed by atoms with Crippen molar-refractivity contribution >= 4 is 39.3 Å². The minimum Gasteiger partial charge on any atom is -0.360 e. The molecule has 3 N–H and O–H groups in total. The Labute approximate surface area is 193 Å². The van der Waals surface area contributed by atoms with Crippen molar-refractivity contribution in [3.8, 4) is 0 Å². The maximum absolute atomic E-state index is 12.8. The van der Waals surface area contributed by atoms with Crippen molar-refractivity contribution in [2.75, 3.05) is 36.5 Å². The molecule has 1 aliphatic heterocycles. The van der Waals surface area contributed by atoms with Crippen molar-refractivity contribution < 1.29 is 18.0 Å². The zero-order chi connectivity index (χ0) is 23.0. The van der Waals surface area contributed by atoms with Crippen LogP contribution in [0.5, 0.6) is 0 Å². The Balaban J connectivity index is 1.60. The molecule has 1 fully saturated rings. The summed E-state index contributed by atoms with van der Waals surface area (Å²) in [5.41, 5.74) is 1.83. The van der Waals surface area contributed by atoms with Crippen LogP contribution in [-0.2, 0) is 26.2 Å². The predicted octanol–water partition coefficient (Wildman–Crippen LogP) is 1.34. The van der Waals surface area contributed by atoms with E-state index in [2.05, 4.69) is 15.4 Å². The topological polar surface area (TPSA) is 108 Å². The number of hydrogen-bond acceptors (Lipinski definition) is 6. The number of nitrogens with one attached hydrogen (secondary N) is 3. The van der Waals surface area contributed by atoms with Gasteiger partial charge in [0.1, 0.15) is 6.04 Å². The molecule has 2 aromatic carbocycles. The summed E-state index contributed by atoms with van der Waals surface area (Å²) in [7, 11) is -3.80. The van der Waals surface area contributed by atoms with Gasteiger partial charge in [0.2, 0.25) is 21.8 Å². The van der Waals surface area contributed by atoms with Gasteiger partial charge >= 0.3 is 0 Å². The van der Waals surface area contributed by atoms with E-state index in [0.717, 1.165) is 17.8 Å². The van der Waals surface area contributed by atoms with Gasteiger partial charge in [-0.15, -0.1) is 0 Å². The number of carbonyl (C=O) groups excluding carboxylic acids is 2. The van der Waals surface area contributed by atoms with Gasteiger partial charge in [0, 0.05) is 25.3 Å². The van der Waals surface area contributed by atoms with Crippen LogP contribution >= 0.6 is 11.8 Å². The Bertz CT molecular complexity index is 1010. The molecule has 1 heterocycles. The van der Waals surface area contributed by atoms with E-state index >= 15 is 0 Å². The standard InChI is InChI=1S/C22H28N4O4S2/c1-31-14-11-20(25-32(29,30)19-5-3-2-4-6-19)22(28)24-15-17-7-9-18(10-8-17)26-13-12-23-21(27)16-26/h2-10,20,25H,11-16H2,1H3,(H,23,27)(H,24,28). The first kappa shape index (κ1) is 24.1. The summed E-state index contributed by atoms with van der Waals surface area (Å²) >= 11 is 1.55. The van der Waals surface area contributed by atoms with Gasteiger partial charge in [0.15, 0.2) is 0 Å².